The first-order chi connectivity index (χ1) is 10.1. The second kappa shape index (κ2) is 6.83. The van der Waals surface area contributed by atoms with Crippen LogP contribution in [0, 0.1) is 0 Å². The second-order valence-corrected chi connectivity index (χ2v) is 28.4. The molecule has 1 aromatic heterocycles. The first-order valence-corrected chi connectivity index (χ1v) is 21.9. The molecule has 0 atom stereocenters. The van der Waals surface area contributed by atoms with Gasteiger partial charge < -0.3 is 0 Å². The van der Waals surface area contributed by atoms with Crippen LogP contribution in [0.1, 0.15) is 0 Å². The van der Waals surface area contributed by atoms with Crippen molar-refractivity contribution >= 4 is 52.7 Å². The summed E-state index contributed by atoms with van der Waals surface area (Å²) in [5, 5.41) is 6.87. The van der Waals surface area contributed by atoms with Gasteiger partial charge in [0.25, 0.3) is 0 Å². The van der Waals surface area contributed by atoms with Crippen LogP contribution in [0.15, 0.2) is 18.2 Å². The van der Waals surface area contributed by atoms with E-state index < -0.39 is 26.5 Å². The summed E-state index contributed by atoms with van der Waals surface area (Å²) in [4.78, 5) is 7.15. The van der Waals surface area contributed by atoms with Gasteiger partial charge in [0.1, 0.15) is 0 Å². The molecule has 0 aliphatic heterocycles. The van der Waals surface area contributed by atoms with Crippen LogP contribution in [-0.2, 0) is 11.5 Å². The summed E-state index contributed by atoms with van der Waals surface area (Å²) in [6, 6.07) is 7.24. The van der Waals surface area contributed by atoms with Gasteiger partial charge in [-0.1, -0.05) is 0 Å². The molecule has 0 aliphatic carbocycles. The van der Waals surface area contributed by atoms with Gasteiger partial charge in [0.2, 0.25) is 0 Å². The quantitative estimate of drug-likeness (QED) is 0.482. The number of rotatable bonds is 6. The summed E-state index contributed by atoms with van der Waals surface area (Å²) in [7, 11) is -1.04. The van der Waals surface area contributed by atoms with Crippen molar-refractivity contribution in [3.8, 4) is 0 Å². The molecule has 0 saturated heterocycles. The van der Waals surface area contributed by atoms with E-state index in [1.165, 1.54) is 15.1 Å². The van der Waals surface area contributed by atoms with Gasteiger partial charge in [-0.15, -0.1) is 0 Å². The zero-order valence-electron chi connectivity index (χ0n) is 14.5. The van der Waals surface area contributed by atoms with E-state index in [1.807, 2.05) is 10.7 Å². The van der Waals surface area contributed by atoms with E-state index in [4.69, 9.17) is 21.4 Å². The normalized spacial score (nSPS) is 13.0. The van der Waals surface area contributed by atoms with E-state index >= 15 is 0 Å². The Hall–Kier alpha value is -0.0444. The summed E-state index contributed by atoms with van der Waals surface area (Å²) in [5.41, 5.74) is 1.14. The third-order valence-electron chi connectivity index (χ3n) is 3.63. The number of halogens is 1. The molecule has 22 heavy (non-hydrogen) atoms. The van der Waals surface area contributed by atoms with E-state index in [9.17, 15) is 0 Å². The first kappa shape index (κ1) is 18.3. The van der Waals surface area contributed by atoms with Gasteiger partial charge in [0.15, 0.2) is 0 Å². The zero-order valence-corrected chi connectivity index (χ0v) is 19.1. The molecule has 0 spiro atoms. The number of benzene rings is 1. The molecule has 2 rings (SSSR count). The van der Waals surface area contributed by atoms with E-state index in [1.54, 1.807) is 0 Å². The van der Waals surface area contributed by atoms with Crippen LogP contribution >= 0.6 is 11.6 Å². The number of ether oxygens (including phenoxy) is 1. The van der Waals surface area contributed by atoms with Gasteiger partial charge in [-0.25, -0.2) is 0 Å². The van der Waals surface area contributed by atoms with Crippen LogP contribution in [0.2, 0.25) is 45.5 Å². The molecule has 0 N–H and O–H groups in total. The Labute approximate surface area is 143 Å². The van der Waals surface area contributed by atoms with Crippen molar-refractivity contribution in [3.05, 3.63) is 23.2 Å². The Morgan fingerprint density at radius 1 is 1.23 bits per heavy atom. The summed E-state index contributed by atoms with van der Waals surface area (Å²) >= 11 is 3.90. The monoisotopic (exact) mass is 446 g/mol. The number of hydrogen-bond donors (Lipinski definition) is 0. The summed E-state index contributed by atoms with van der Waals surface area (Å²) in [6.07, 6.45) is 0. The van der Waals surface area contributed by atoms with Crippen molar-refractivity contribution < 1.29 is 4.74 Å². The van der Waals surface area contributed by atoms with Crippen LogP contribution in [0.25, 0.3) is 10.9 Å². The van der Waals surface area contributed by atoms with Crippen molar-refractivity contribution in [3.63, 3.8) is 0 Å². The zero-order chi connectivity index (χ0) is 16.5. The van der Waals surface area contributed by atoms with Crippen molar-refractivity contribution in [2.24, 2.45) is 0 Å². The minimum atomic E-state index is -2.28. The van der Waals surface area contributed by atoms with Gasteiger partial charge in [-0.2, -0.15) is 0 Å². The molecule has 2 aromatic rings. The fourth-order valence-electron chi connectivity index (χ4n) is 2.33. The van der Waals surface area contributed by atoms with Crippen molar-refractivity contribution in [1.82, 2.24) is 9.78 Å². The Bertz CT molecular complexity index is 658. The number of nitrogens with zero attached hydrogens (tertiary/aromatic N) is 2. The van der Waals surface area contributed by atoms with E-state index in [2.05, 4.69) is 46.6 Å². The molecule has 0 unspecified atom stereocenters. The van der Waals surface area contributed by atoms with E-state index in [0.717, 1.165) is 17.1 Å². The van der Waals surface area contributed by atoms with Crippen molar-refractivity contribution in [2.45, 2.75) is 47.2 Å². The van der Waals surface area contributed by atoms with Gasteiger partial charge >= 0.3 is 144 Å². The Balaban J connectivity index is 2.23. The first-order valence-electron chi connectivity index (χ1n) is 7.82. The fourth-order valence-corrected chi connectivity index (χ4v) is 7.34. The molecule has 1 aromatic carbocycles. The van der Waals surface area contributed by atoms with Crippen molar-refractivity contribution in [1.29, 1.82) is 0 Å². The molecule has 0 fully saturated rings. The van der Waals surface area contributed by atoms with Crippen molar-refractivity contribution in [2.75, 3.05) is 6.61 Å². The van der Waals surface area contributed by atoms with Crippen LogP contribution in [-0.4, -0.2) is 42.8 Å². The molecule has 122 valence electrons. The van der Waals surface area contributed by atoms with Gasteiger partial charge in [-0.3, -0.25) is 0 Å². The fraction of sp³-hybridized carbons (Fsp3) is 0.562. The van der Waals surface area contributed by atoms with E-state index in [0.29, 0.717) is 6.73 Å². The van der Waals surface area contributed by atoms with Crippen LogP contribution < -0.4 is 3.71 Å². The summed E-state index contributed by atoms with van der Waals surface area (Å²) in [5.74, 6) is 0. The molecule has 0 saturated carbocycles. The standard InChI is InChI=1S/C13H18ClN2OSi.3CH3.Sn/c1-18(2,3)7-6-17-10-16-13-5-4-12(14)8-11(13)9-15-16;;;;/h4-5,8H,6-7,10H2,1-3H3;3*1H3;. The Kier molecular flexibility index (Phi) is 5.68. The summed E-state index contributed by atoms with van der Waals surface area (Å²) in [6.45, 7) is 8.46. The third kappa shape index (κ3) is 4.72. The predicted molar refractivity (Wildman–Crippen MR) is 102 cm³/mol. The molecular formula is C16H27ClN2OSiSn. The molecule has 6 heteroatoms. The molecule has 0 aliphatic rings. The molecule has 3 nitrogen and oxygen atoms in total. The average molecular weight is 446 g/mol. The SMILES string of the molecule is C[Si](C)(C)CCOCn1n[c]([Sn]([CH3])([CH3])[CH3])c2cc(Cl)ccc21. The molecule has 0 radical (unpaired) electrons. The molecule has 1 heterocycles. The minimum absolute atomic E-state index is 0.532. The topological polar surface area (TPSA) is 27.1 Å². The maximum absolute atomic E-state index is 6.19. The van der Waals surface area contributed by atoms with Gasteiger partial charge in [0.05, 0.1) is 0 Å². The third-order valence-corrected chi connectivity index (χ3v) is 10.7. The molecule has 0 bridgehead atoms. The van der Waals surface area contributed by atoms with E-state index in [-0.39, 0.29) is 0 Å². The molecular weight excluding hydrogens is 418 g/mol. The number of hydrogen-bond acceptors (Lipinski definition) is 2. The second-order valence-electron chi connectivity index (χ2n) is 8.11. The number of fused-ring (bicyclic) bond motifs is 1. The van der Waals surface area contributed by atoms with Crippen LogP contribution in [0.5, 0.6) is 0 Å². The number of aromatic nitrogens is 2. The van der Waals surface area contributed by atoms with Gasteiger partial charge in [0, 0.05) is 0 Å². The maximum atomic E-state index is 6.19. The van der Waals surface area contributed by atoms with Crippen LogP contribution in [0.3, 0.4) is 0 Å². The summed E-state index contributed by atoms with van der Waals surface area (Å²) < 4.78 is 9.17. The van der Waals surface area contributed by atoms with Gasteiger partial charge in [-0.05, 0) is 0 Å². The van der Waals surface area contributed by atoms with Crippen LogP contribution in [0.4, 0.5) is 0 Å². The predicted octanol–water partition coefficient (Wildman–Crippen LogP) is 4.55. The average Bonchev–Trinajstić information content (AvgIpc) is 2.71. The Morgan fingerprint density at radius 3 is 2.50 bits per heavy atom. The molecule has 0 amide bonds. The Morgan fingerprint density at radius 2 is 1.91 bits per heavy atom.